The van der Waals surface area contributed by atoms with E-state index in [0.29, 0.717) is 45.6 Å². The van der Waals surface area contributed by atoms with Gasteiger partial charge >= 0.3 is 0 Å². The maximum atomic E-state index is 14.2. The van der Waals surface area contributed by atoms with Crippen LogP contribution in [0.5, 0.6) is 5.75 Å². The molecule has 0 saturated carbocycles. The van der Waals surface area contributed by atoms with Crippen molar-refractivity contribution in [2.75, 3.05) is 0 Å². The van der Waals surface area contributed by atoms with E-state index >= 15 is 0 Å². The molecular weight excluding hydrogens is 536 g/mol. The molecule has 0 fully saturated rings. The van der Waals surface area contributed by atoms with Crippen LogP contribution in [0.3, 0.4) is 0 Å². The third-order valence-electron chi connectivity index (χ3n) is 5.53. The Morgan fingerprint density at radius 2 is 1.97 bits per heavy atom. The van der Waals surface area contributed by atoms with Crippen LogP contribution in [-0.2, 0) is 16.9 Å². The first-order chi connectivity index (χ1) is 18.6. The van der Waals surface area contributed by atoms with E-state index in [0.717, 1.165) is 0 Å². The van der Waals surface area contributed by atoms with Crippen molar-refractivity contribution < 1.29 is 21.1 Å². The number of aromatic nitrogens is 4. The number of rotatable bonds is 7. The second-order valence-corrected chi connectivity index (χ2v) is 10.2. The zero-order valence-corrected chi connectivity index (χ0v) is 22.6. The molecule has 0 unspecified atom stereocenters. The molecule has 12 heteroatoms. The van der Waals surface area contributed by atoms with Gasteiger partial charge in [-0.2, -0.15) is 0 Å². The molecule has 8 nitrogen and oxygen atoms in total. The summed E-state index contributed by atoms with van der Waals surface area (Å²) in [7, 11) is 0. The van der Waals surface area contributed by atoms with E-state index in [1.807, 2.05) is 19.2 Å². The molecule has 0 aliphatic heterocycles. The van der Waals surface area contributed by atoms with Crippen molar-refractivity contribution in [3.8, 4) is 22.1 Å². The molecule has 1 N–H and O–H groups in total. The normalized spacial score (nSPS) is 12.6. The Morgan fingerprint density at radius 1 is 1.24 bits per heavy atom. The number of pyridine rings is 3. The Kier molecular flexibility index (Phi) is 6.86. The van der Waals surface area contributed by atoms with Gasteiger partial charge in [-0.1, -0.05) is 11.6 Å². The van der Waals surface area contributed by atoms with Crippen LogP contribution in [0.25, 0.3) is 16.4 Å². The molecule has 0 aliphatic carbocycles. The first-order valence-electron chi connectivity index (χ1n) is 12.3. The molecule has 0 radical (unpaired) electrons. The predicted molar refractivity (Wildman–Crippen MR) is 141 cm³/mol. The number of hydrogen-bond acceptors (Lipinski definition) is 7. The summed E-state index contributed by atoms with van der Waals surface area (Å²) >= 11 is 7.65. The van der Waals surface area contributed by atoms with Gasteiger partial charge in [0.2, 0.25) is 5.91 Å². The van der Waals surface area contributed by atoms with Crippen LogP contribution in [0.1, 0.15) is 46.2 Å². The van der Waals surface area contributed by atoms with Crippen LogP contribution >= 0.6 is 22.9 Å². The van der Waals surface area contributed by atoms with E-state index in [-0.39, 0.29) is 11.7 Å². The molecular formula is C26H24ClF2N5O3S. The van der Waals surface area contributed by atoms with Crippen LogP contribution in [0.2, 0.25) is 5.02 Å². The van der Waals surface area contributed by atoms with E-state index in [9.17, 15) is 18.4 Å². The minimum absolute atomic E-state index is 0.193. The number of nitrogens with one attached hydrogen (secondary N) is 1. The zero-order chi connectivity index (χ0) is 29.6. The summed E-state index contributed by atoms with van der Waals surface area (Å²) in [5.41, 5.74) is 0.327. The van der Waals surface area contributed by atoms with Crippen molar-refractivity contribution in [3.05, 3.63) is 85.6 Å². The standard InChI is InChI=1S/C26H24ClF2N5O3S/c1-13-9-30-18(24-32-22(12-38-24)26(4,5)33-15(3)35)8-20(13)34-14(2)6-21(23(27)25(34)36)37-11-19-17(29)7-16(28)10-31-19/h6-10,12H,11H2,1-5H3,(H,33,35)/i11D2. The second kappa shape index (κ2) is 10.6. The molecule has 1 amide bonds. The number of carbonyl (C=O) groups excluding carboxylic acids is 1. The van der Waals surface area contributed by atoms with Crippen LogP contribution < -0.4 is 15.6 Å². The molecule has 4 rings (SSSR count). The van der Waals surface area contributed by atoms with E-state index in [1.54, 1.807) is 26.1 Å². The first kappa shape index (κ1) is 24.6. The molecule has 0 aromatic carbocycles. The highest BCUT2D eigenvalue weighted by molar-refractivity contribution is 7.13. The summed E-state index contributed by atoms with van der Waals surface area (Å²) in [6.07, 6.45) is 2.23. The molecule has 0 aliphatic rings. The number of thiazole rings is 1. The predicted octanol–water partition coefficient (Wildman–Crippen LogP) is 5.25. The van der Waals surface area contributed by atoms with Crippen molar-refractivity contribution in [2.24, 2.45) is 0 Å². The number of hydrogen-bond donors (Lipinski definition) is 1. The third kappa shape index (κ3) is 5.58. The van der Waals surface area contributed by atoms with Gasteiger partial charge in [0.1, 0.15) is 39.5 Å². The number of amides is 1. The lowest BCUT2D eigenvalue weighted by atomic mass is 10.0. The largest absolute Gasteiger partial charge is 0.485 e. The van der Waals surface area contributed by atoms with E-state index in [1.165, 1.54) is 28.9 Å². The Balaban J connectivity index is 1.73. The van der Waals surface area contributed by atoms with E-state index in [4.69, 9.17) is 19.1 Å². The van der Waals surface area contributed by atoms with Crippen LogP contribution in [0.15, 0.2) is 40.8 Å². The maximum absolute atomic E-state index is 14.2. The summed E-state index contributed by atoms with van der Waals surface area (Å²) in [5.74, 6) is -2.77. The van der Waals surface area contributed by atoms with Gasteiger partial charge in [-0.15, -0.1) is 11.3 Å². The molecule has 0 spiro atoms. The van der Waals surface area contributed by atoms with Gasteiger partial charge in [0.25, 0.3) is 5.56 Å². The zero-order valence-electron chi connectivity index (χ0n) is 23.0. The summed E-state index contributed by atoms with van der Waals surface area (Å²) in [6.45, 7) is 5.58. The smallest absolute Gasteiger partial charge is 0.277 e. The maximum Gasteiger partial charge on any atom is 0.277 e. The molecule has 0 bridgehead atoms. The highest BCUT2D eigenvalue weighted by atomic mass is 35.5. The minimum Gasteiger partial charge on any atom is -0.485 e. The van der Waals surface area contributed by atoms with Crippen LogP contribution in [-0.4, -0.2) is 25.4 Å². The van der Waals surface area contributed by atoms with Crippen molar-refractivity contribution >= 4 is 28.8 Å². The minimum atomic E-state index is -2.86. The van der Waals surface area contributed by atoms with Gasteiger partial charge in [-0.25, -0.2) is 13.8 Å². The number of aryl methyl sites for hydroxylation is 2. The Hall–Kier alpha value is -3.70. The molecule has 0 saturated heterocycles. The van der Waals surface area contributed by atoms with Crippen molar-refractivity contribution in [1.82, 2.24) is 24.8 Å². The molecule has 198 valence electrons. The lowest BCUT2D eigenvalue weighted by Gasteiger charge is -2.23. The summed E-state index contributed by atoms with van der Waals surface area (Å²) < 4.78 is 50.3. The van der Waals surface area contributed by atoms with Gasteiger partial charge < -0.3 is 10.1 Å². The van der Waals surface area contributed by atoms with Gasteiger partial charge in [0, 0.05) is 36.3 Å². The summed E-state index contributed by atoms with van der Waals surface area (Å²) in [5, 5.41) is 4.78. The van der Waals surface area contributed by atoms with Crippen LogP contribution in [0, 0.1) is 25.5 Å². The molecule has 0 atom stereocenters. The number of ether oxygens (including phenoxy) is 1. The molecule has 4 aromatic rings. The van der Waals surface area contributed by atoms with Crippen LogP contribution in [0.4, 0.5) is 8.78 Å². The first-order valence-corrected chi connectivity index (χ1v) is 12.5. The van der Waals surface area contributed by atoms with Gasteiger partial charge in [0.05, 0.1) is 25.9 Å². The SMILES string of the molecule is [2H]C([2H])(Oc1cc(C)n(-c2cc(-c3nc(C(C)(C)NC(C)=O)cs3)ncc2C)c(=O)c1Cl)c1ncc(F)cc1F. The monoisotopic (exact) mass is 561 g/mol. The average Bonchev–Trinajstić information content (AvgIpc) is 3.34. The van der Waals surface area contributed by atoms with Gasteiger partial charge in [0.15, 0.2) is 5.82 Å². The summed E-state index contributed by atoms with van der Waals surface area (Å²) in [6, 6.07) is 3.48. The second-order valence-electron chi connectivity index (χ2n) is 8.99. The third-order valence-corrected chi connectivity index (χ3v) is 6.75. The van der Waals surface area contributed by atoms with Crippen molar-refractivity contribution in [2.45, 2.75) is 46.7 Å². The molecule has 4 heterocycles. The highest BCUT2D eigenvalue weighted by Crippen LogP contribution is 2.31. The number of halogens is 3. The van der Waals surface area contributed by atoms with E-state index in [2.05, 4.69) is 20.3 Å². The molecule has 4 aromatic heterocycles. The summed E-state index contributed by atoms with van der Waals surface area (Å²) in [4.78, 5) is 37.5. The van der Waals surface area contributed by atoms with Gasteiger partial charge in [-0.3, -0.25) is 24.1 Å². The number of carbonyl (C=O) groups is 1. The Bertz CT molecular complexity index is 1690. The number of nitrogens with zero attached hydrogens (tertiary/aromatic N) is 4. The average molecular weight is 562 g/mol. The van der Waals surface area contributed by atoms with E-state index < -0.39 is 40.0 Å². The Labute approximate surface area is 229 Å². The Morgan fingerprint density at radius 3 is 2.66 bits per heavy atom. The lowest BCUT2D eigenvalue weighted by Crippen LogP contribution is -2.39. The van der Waals surface area contributed by atoms with Crippen molar-refractivity contribution in [1.29, 1.82) is 0 Å². The van der Waals surface area contributed by atoms with Crippen molar-refractivity contribution in [3.63, 3.8) is 0 Å². The topological polar surface area (TPSA) is 99.0 Å². The van der Waals surface area contributed by atoms with Gasteiger partial charge in [-0.05, 0) is 39.3 Å². The molecule has 38 heavy (non-hydrogen) atoms. The fourth-order valence-electron chi connectivity index (χ4n) is 3.70. The lowest BCUT2D eigenvalue weighted by molar-refractivity contribution is -0.120. The fourth-order valence-corrected chi connectivity index (χ4v) is 4.83. The fraction of sp³-hybridized carbons (Fsp3) is 0.269. The highest BCUT2D eigenvalue weighted by Gasteiger charge is 2.25. The quantitative estimate of drug-likeness (QED) is 0.331.